The van der Waals surface area contributed by atoms with E-state index in [2.05, 4.69) is 36.0 Å². The van der Waals surface area contributed by atoms with Crippen molar-refractivity contribution in [3.05, 3.63) is 29.8 Å². The average molecular weight is 326 g/mol. The topological polar surface area (TPSA) is 71.2 Å². The molecule has 5 rings (SSSR count). The van der Waals surface area contributed by atoms with Crippen LogP contribution in [-0.2, 0) is 6.54 Å². The van der Waals surface area contributed by atoms with Crippen LogP contribution in [0.1, 0.15) is 36.2 Å². The molecule has 2 aromatic rings. The monoisotopic (exact) mass is 326 g/mol. The predicted octanol–water partition coefficient (Wildman–Crippen LogP) is 1.61. The van der Waals surface area contributed by atoms with Gasteiger partial charge in [0.25, 0.3) is 0 Å². The van der Waals surface area contributed by atoms with Crippen molar-refractivity contribution in [2.75, 3.05) is 31.1 Å². The Morgan fingerprint density at radius 1 is 1.12 bits per heavy atom. The van der Waals surface area contributed by atoms with Crippen molar-refractivity contribution in [1.29, 1.82) is 0 Å². The Hall–Kier alpha value is -2.02. The van der Waals surface area contributed by atoms with E-state index in [0.29, 0.717) is 17.8 Å². The maximum Gasteiger partial charge on any atom is 0.229 e. The highest BCUT2D eigenvalue weighted by Gasteiger charge is 2.40. The minimum Gasteiger partial charge on any atom is -0.356 e. The molecule has 24 heavy (non-hydrogen) atoms. The van der Waals surface area contributed by atoms with Crippen molar-refractivity contribution in [3.8, 4) is 0 Å². The van der Waals surface area contributed by atoms with Crippen LogP contribution in [0.25, 0.3) is 0 Å². The fraction of sp³-hybridized carbons (Fsp3) is 0.647. The summed E-state index contributed by atoms with van der Waals surface area (Å²) >= 11 is 0. The summed E-state index contributed by atoms with van der Waals surface area (Å²) in [5.41, 5.74) is 1.03. The third-order valence-electron chi connectivity index (χ3n) is 5.45. The minimum atomic E-state index is 0.536. The number of likely N-dealkylation sites (tertiary alicyclic amines) is 1. The second kappa shape index (κ2) is 5.51. The average Bonchev–Trinajstić information content (AvgIpc) is 3.00. The minimum absolute atomic E-state index is 0.536. The lowest BCUT2D eigenvalue weighted by Gasteiger charge is -2.21. The van der Waals surface area contributed by atoms with Crippen molar-refractivity contribution in [1.82, 2.24) is 25.0 Å². The standard InChI is InChI=1S/C17H22N6O/c1-11-4-16(19-10-18-11)23-7-13-5-22(6-14(13)8-23)9-15-20-17(24-21-15)12-2-3-12/h4,10,12-14H,2-3,5-9H2,1H3. The first kappa shape index (κ1) is 14.3. The fourth-order valence-electron chi connectivity index (χ4n) is 4.05. The Balaban J connectivity index is 1.20. The van der Waals surface area contributed by atoms with E-state index >= 15 is 0 Å². The van der Waals surface area contributed by atoms with Gasteiger partial charge in [0.2, 0.25) is 5.89 Å². The molecule has 1 saturated carbocycles. The number of nitrogens with zero attached hydrogens (tertiary/aromatic N) is 6. The molecule has 2 unspecified atom stereocenters. The third kappa shape index (κ3) is 2.66. The Bertz CT molecular complexity index is 728. The van der Waals surface area contributed by atoms with Crippen LogP contribution in [0.3, 0.4) is 0 Å². The number of aryl methyl sites for hydroxylation is 1. The number of aromatic nitrogens is 4. The van der Waals surface area contributed by atoms with Gasteiger partial charge >= 0.3 is 0 Å². The largest absolute Gasteiger partial charge is 0.356 e. The summed E-state index contributed by atoms with van der Waals surface area (Å²) in [6.45, 7) is 7.21. The van der Waals surface area contributed by atoms with Gasteiger partial charge < -0.3 is 9.42 Å². The molecule has 3 fully saturated rings. The van der Waals surface area contributed by atoms with Crippen molar-refractivity contribution in [2.45, 2.75) is 32.2 Å². The highest BCUT2D eigenvalue weighted by Crippen LogP contribution is 2.39. The highest BCUT2D eigenvalue weighted by molar-refractivity contribution is 5.40. The molecule has 3 aliphatic rings. The van der Waals surface area contributed by atoms with Gasteiger partial charge in [-0.3, -0.25) is 4.90 Å². The first-order valence-corrected chi connectivity index (χ1v) is 8.83. The summed E-state index contributed by atoms with van der Waals surface area (Å²) in [7, 11) is 0. The van der Waals surface area contributed by atoms with Gasteiger partial charge in [0.05, 0.1) is 6.54 Å². The normalized spacial score (nSPS) is 27.0. The van der Waals surface area contributed by atoms with Crippen molar-refractivity contribution in [3.63, 3.8) is 0 Å². The van der Waals surface area contributed by atoms with Crippen LogP contribution >= 0.6 is 0 Å². The molecule has 126 valence electrons. The summed E-state index contributed by atoms with van der Waals surface area (Å²) in [6, 6.07) is 2.08. The Labute approximate surface area is 141 Å². The van der Waals surface area contributed by atoms with Gasteiger partial charge in [-0.15, -0.1) is 0 Å². The van der Waals surface area contributed by atoms with Gasteiger partial charge in [0, 0.05) is 43.9 Å². The van der Waals surface area contributed by atoms with Crippen LogP contribution in [0.5, 0.6) is 0 Å². The van der Waals surface area contributed by atoms with E-state index in [-0.39, 0.29) is 0 Å². The van der Waals surface area contributed by atoms with E-state index in [1.54, 1.807) is 6.33 Å². The van der Waals surface area contributed by atoms with Crippen molar-refractivity contribution in [2.24, 2.45) is 11.8 Å². The summed E-state index contributed by atoms with van der Waals surface area (Å²) < 4.78 is 5.37. The van der Waals surface area contributed by atoms with Crippen LogP contribution in [-0.4, -0.2) is 51.2 Å². The Kier molecular flexibility index (Phi) is 3.29. The number of hydrogen-bond acceptors (Lipinski definition) is 7. The van der Waals surface area contributed by atoms with Gasteiger partial charge in [-0.1, -0.05) is 5.16 Å². The molecule has 1 aliphatic carbocycles. The maximum absolute atomic E-state index is 5.37. The maximum atomic E-state index is 5.37. The lowest BCUT2D eigenvalue weighted by Crippen LogP contribution is -2.29. The molecular formula is C17H22N6O. The highest BCUT2D eigenvalue weighted by atomic mass is 16.5. The van der Waals surface area contributed by atoms with E-state index in [0.717, 1.165) is 56.0 Å². The molecule has 2 saturated heterocycles. The van der Waals surface area contributed by atoms with Gasteiger partial charge in [0.1, 0.15) is 12.1 Å². The fourth-order valence-corrected chi connectivity index (χ4v) is 4.05. The second-order valence-electron chi connectivity index (χ2n) is 7.46. The van der Waals surface area contributed by atoms with Gasteiger partial charge in [-0.25, -0.2) is 9.97 Å². The molecule has 0 bridgehead atoms. The SMILES string of the molecule is Cc1cc(N2CC3CN(Cc4noc(C5CC5)n4)CC3C2)ncn1. The third-order valence-corrected chi connectivity index (χ3v) is 5.45. The molecule has 7 nitrogen and oxygen atoms in total. The molecule has 2 atom stereocenters. The van der Waals surface area contributed by atoms with Gasteiger partial charge in [0.15, 0.2) is 5.82 Å². The quantitative estimate of drug-likeness (QED) is 0.845. The van der Waals surface area contributed by atoms with Crippen molar-refractivity contribution >= 4 is 5.82 Å². The second-order valence-corrected chi connectivity index (χ2v) is 7.46. The molecular weight excluding hydrogens is 304 g/mol. The number of rotatable bonds is 4. The molecule has 2 aromatic heterocycles. The van der Waals surface area contributed by atoms with E-state index in [1.165, 1.54) is 12.8 Å². The first-order valence-electron chi connectivity index (χ1n) is 8.83. The molecule has 0 radical (unpaired) electrons. The number of hydrogen-bond donors (Lipinski definition) is 0. The zero-order chi connectivity index (χ0) is 16.1. The van der Waals surface area contributed by atoms with E-state index < -0.39 is 0 Å². The number of fused-ring (bicyclic) bond motifs is 1. The van der Waals surface area contributed by atoms with Crippen LogP contribution < -0.4 is 4.90 Å². The summed E-state index contributed by atoms with van der Waals surface area (Å²) in [5.74, 6) is 4.70. The number of anilines is 1. The zero-order valence-electron chi connectivity index (χ0n) is 13.9. The van der Waals surface area contributed by atoms with Crippen molar-refractivity contribution < 1.29 is 4.52 Å². The zero-order valence-corrected chi connectivity index (χ0v) is 13.9. The summed E-state index contributed by atoms with van der Waals surface area (Å²) in [4.78, 5) is 18.1. The first-order chi connectivity index (χ1) is 11.7. The summed E-state index contributed by atoms with van der Waals surface area (Å²) in [5, 5.41) is 4.15. The van der Waals surface area contributed by atoms with Crippen LogP contribution in [0.4, 0.5) is 5.82 Å². The van der Waals surface area contributed by atoms with E-state index in [1.807, 2.05) is 6.92 Å². The molecule has 7 heteroatoms. The predicted molar refractivity (Wildman–Crippen MR) is 87.5 cm³/mol. The molecule has 0 amide bonds. The van der Waals surface area contributed by atoms with Crippen LogP contribution in [0.15, 0.2) is 16.9 Å². The van der Waals surface area contributed by atoms with E-state index in [4.69, 9.17) is 4.52 Å². The Morgan fingerprint density at radius 3 is 2.62 bits per heavy atom. The lowest BCUT2D eigenvalue weighted by molar-refractivity contribution is 0.291. The van der Waals surface area contributed by atoms with Crippen LogP contribution in [0.2, 0.25) is 0 Å². The smallest absolute Gasteiger partial charge is 0.229 e. The molecule has 0 N–H and O–H groups in total. The van der Waals surface area contributed by atoms with Crippen LogP contribution in [0, 0.1) is 18.8 Å². The molecule has 2 aliphatic heterocycles. The molecule has 4 heterocycles. The lowest BCUT2D eigenvalue weighted by atomic mass is 10.0. The summed E-state index contributed by atoms with van der Waals surface area (Å²) in [6.07, 6.45) is 4.07. The molecule has 0 aromatic carbocycles. The van der Waals surface area contributed by atoms with Gasteiger partial charge in [-0.2, -0.15) is 4.98 Å². The molecule has 0 spiro atoms. The van der Waals surface area contributed by atoms with E-state index in [9.17, 15) is 0 Å². The Morgan fingerprint density at radius 2 is 1.92 bits per heavy atom. The van der Waals surface area contributed by atoms with Gasteiger partial charge in [-0.05, 0) is 31.6 Å².